The highest BCUT2D eigenvalue weighted by Crippen LogP contribution is 2.29. The summed E-state index contributed by atoms with van der Waals surface area (Å²) in [5.74, 6) is 0.0585. The molecule has 1 heterocycles. The molecule has 1 aliphatic carbocycles. The van der Waals surface area contributed by atoms with Crippen molar-refractivity contribution in [3.05, 3.63) is 29.5 Å². The summed E-state index contributed by atoms with van der Waals surface area (Å²) >= 11 is 0. The number of aryl methyl sites for hydroxylation is 1. The topological polar surface area (TPSA) is 69.0 Å². The van der Waals surface area contributed by atoms with Crippen LogP contribution in [0.3, 0.4) is 0 Å². The fourth-order valence-electron chi connectivity index (χ4n) is 3.83. The van der Waals surface area contributed by atoms with E-state index in [-0.39, 0.29) is 24.3 Å². The van der Waals surface area contributed by atoms with E-state index in [0.29, 0.717) is 23.4 Å². The zero-order chi connectivity index (χ0) is 19.4. The lowest BCUT2D eigenvalue weighted by Gasteiger charge is -2.33. The average Bonchev–Trinajstić information content (AvgIpc) is 3.03. The number of methoxy groups -OCH3 is 1. The SMILES string of the molecule is CCN(C(=O)COC(=O)c1oc2ccc(OC)cc2c1C)C1CCCCC1. The van der Waals surface area contributed by atoms with Gasteiger partial charge >= 0.3 is 5.97 Å². The number of hydrogen-bond donors (Lipinski definition) is 0. The van der Waals surface area contributed by atoms with Gasteiger partial charge in [0.2, 0.25) is 5.76 Å². The summed E-state index contributed by atoms with van der Waals surface area (Å²) in [7, 11) is 1.59. The lowest BCUT2D eigenvalue weighted by molar-refractivity contribution is -0.137. The second-order valence-electron chi connectivity index (χ2n) is 6.97. The molecule has 0 spiro atoms. The highest BCUT2D eigenvalue weighted by atomic mass is 16.5. The third-order valence-corrected chi connectivity index (χ3v) is 5.33. The van der Waals surface area contributed by atoms with Crippen molar-refractivity contribution in [2.45, 2.75) is 52.0 Å². The lowest BCUT2D eigenvalue weighted by atomic mass is 9.94. The summed E-state index contributed by atoms with van der Waals surface area (Å²) in [4.78, 5) is 26.9. The first-order chi connectivity index (χ1) is 13.0. The summed E-state index contributed by atoms with van der Waals surface area (Å²) in [5, 5.41) is 0.796. The average molecular weight is 373 g/mol. The first-order valence-electron chi connectivity index (χ1n) is 9.58. The number of esters is 1. The van der Waals surface area contributed by atoms with Crippen molar-refractivity contribution in [3.63, 3.8) is 0 Å². The molecule has 3 rings (SSSR count). The van der Waals surface area contributed by atoms with E-state index < -0.39 is 5.97 Å². The number of carbonyl (C=O) groups excluding carboxylic acids is 2. The maximum Gasteiger partial charge on any atom is 0.375 e. The van der Waals surface area contributed by atoms with Gasteiger partial charge in [-0.25, -0.2) is 4.79 Å². The van der Waals surface area contributed by atoms with Crippen molar-refractivity contribution < 1.29 is 23.5 Å². The molecule has 0 bridgehead atoms. The number of furan rings is 1. The second-order valence-corrected chi connectivity index (χ2v) is 6.97. The third kappa shape index (κ3) is 4.10. The summed E-state index contributed by atoms with van der Waals surface area (Å²) in [6, 6.07) is 5.60. The molecule has 0 N–H and O–H groups in total. The number of likely N-dealkylation sites (N-methyl/N-ethyl adjacent to an activating group) is 1. The first-order valence-corrected chi connectivity index (χ1v) is 9.58. The molecule has 0 radical (unpaired) electrons. The monoisotopic (exact) mass is 373 g/mol. The van der Waals surface area contributed by atoms with Crippen LogP contribution in [0.1, 0.15) is 55.1 Å². The van der Waals surface area contributed by atoms with Gasteiger partial charge in [-0.2, -0.15) is 0 Å². The Labute approximate surface area is 159 Å². The number of ether oxygens (including phenoxy) is 2. The molecule has 6 heteroatoms. The Kier molecular flexibility index (Phi) is 6.04. The number of fused-ring (bicyclic) bond motifs is 1. The number of amides is 1. The van der Waals surface area contributed by atoms with E-state index in [4.69, 9.17) is 13.9 Å². The van der Waals surface area contributed by atoms with Gasteiger partial charge < -0.3 is 18.8 Å². The molecule has 146 valence electrons. The van der Waals surface area contributed by atoms with Crippen LogP contribution >= 0.6 is 0 Å². The molecule has 0 aliphatic heterocycles. The number of hydrogen-bond acceptors (Lipinski definition) is 5. The summed E-state index contributed by atoms with van der Waals surface area (Å²) in [5.41, 5.74) is 1.27. The van der Waals surface area contributed by atoms with Crippen LogP contribution in [0.2, 0.25) is 0 Å². The van der Waals surface area contributed by atoms with Gasteiger partial charge in [0.05, 0.1) is 7.11 Å². The Hall–Kier alpha value is -2.50. The summed E-state index contributed by atoms with van der Waals surface area (Å²) < 4.78 is 16.1. The fourth-order valence-corrected chi connectivity index (χ4v) is 3.83. The number of carbonyl (C=O) groups is 2. The van der Waals surface area contributed by atoms with Crippen LogP contribution in [-0.4, -0.2) is 43.1 Å². The first kappa shape index (κ1) is 19.3. The summed E-state index contributed by atoms with van der Waals surface area (Å²) in [6.45, 7) is 4.13. The number of benzene rings is 1. The van der Waals surface area contributed by atoms with E-state index in [0.717, 1.165) is 31.1 Å². The Bertz CT molecular complexity index is 819. The quantitative estimate of drug-likeness (QED) is 0.714. The van der Waals surface area contributed by atoms with Gasteiger partial charge in [-0.3, -0.25) is 4.79 Å². The number of rotatable bonds is 6. The van der Waals surface area contributed by atoms with Crippen LogP contribution in [0.25, 0.3) is 11.0 Å². The van der Waals surface area contributed by atoms with Crippen LogP contribution in [0.15, 0.2) is 22.6 Å². The second kappa shape index (κ2) is 8.46. The van der Waals surface area contributed by atoms with Crippen molar-refractivity contribution in [2.24, 2.45) is 0 Å². The van der Waals surface area contributed by atoms with Gasteiger partial charge in [0.15, 0.2) is 6.61 Å². The summed E-state index contributed by atoms with van der Waals surface area (Å²) in [6.07, 6.45) is 5.58. The van der Waals surface area contributed by atoms with Gasteiger partial charge in [-0.15, -0.1) is 0 Å². The highest BCUT2D eigenvalue weighted by Gasteiger charge is 2.26. The van der Waals surface area contributed by atoms with Gasteiger partial charge in [0.25, 0.3) is 5.91 Å². The fraction of sp³-hybridized carbons (Fsp3) is 0.524. The Morgan fingerprint density at radius 1 is 1.22 bits per heavy atom. The van der Waals surface area contributed by atoms with Crippen LogP contribution in [0.5, 0.6) is 5.75 Å². The highest BCUT2D eigenvalue weighted by molar-refractivity contribution is 5.97. The third-order valence-electron chi connectivity index (χ3n) is 5.33. The lowest BCUT2D eigenvalue weighted by Crippen LogP contribution is -2.43. The molecule has 6 nitrogen and oxygen atoms in total. The van der Waals surface area contributed by atoms with Gasteiger partial charge in [0.1, 0.15) is 11.3 Å². The van der Waals surface area contributed by atoms with Crippen LogP contribution < -0.4 is 4.74 Å². The Morgan fingerprint density at radius 3 is 2.63 bits per heavy atom. The predicted molar refractivity (Wildman–Crippen MR) is 102 cm³/mol. The maximum atomic E-state index is 12.6. The Morgan fingerprint density at radius 2 is 1.96 bits per heavy atom. The molecular formula is C21H27NO5. The van der Waals surface area contributed by atoms with E-state index in [1.807, 2.05) is 17.9 Å². The predicted octanol–water partition coefficient (Wildman–Crippen LogP) is 4.09. The van der Waals surface area contributed by atoms with E-state index in [1.54, 1.807) is 26.2 Å². The smallest absolute Gasteiger partial charge is 0.375 e. The van der Waals surface area contributed by atoms with E-state index >= 15 is 0 Å². The largest absolute Gasteiger partial charge is 0.497 e. The van der Waals surface area contributed by atoms with Crippen molar-refractivity contribution in [1.82, 2.24) is 4.90 Å². The molecule has 2 aromatic rings. The van der Waals surface area contributed by atoms with E-state index in [2.05, 4.69) is 0 Å². The molecular weight excluding hydrogens is 346 g/mol. The minimum Gasteiger partial charge on any atom is -0.497 e. The van der Waals surface area contributed by atoms with Crippen molar-refractivity contribution in [3.8, 4) is 5.75 Å². The minimum atomic E-state index is -0.615. The molecule has 0 atom stereocenters. The van der Waals surface area contributed by atoms with Gasteiger partial charge in [-0.1, -0.05) is 19.3 Å². The molecule has 0 saturated heterocycles. The Balaban J connectivity index is 1.67. The van der Waals surface area contributed by atoms with E-state index in [9.17, 15) is 9.59 Å². The molecule has 1 aromatic carbocycles. The molecule has 1 saturated carbocycles. The van der Waals surface area contributed by atoms with Crippen molar-refractivity contribution >= 4 is 22.8 Å². The normalized spacial score (nSPS) is 14.9. The van der Waals surface area contributed by atoms with Crippen LogP contribution in [0, 0.1) is 6.92 Å². The standard InChI is InChI=1S/C21H27NO5/c1-4-22(15-8-6-5-7-9-15)19(23)13-26-21(24)20-14(2)17-12-16(25-3)10-11-18(17)27-20/h10-12,15H,4-9,13H2,1-3H3. The number of nitrogens with zero attached hydrogens (tertiary/aromatic N) is 1. The molecule has 0 unspecified atom stereocenters. The zero-order valence-corrected chi connectivity index (χ0v) is 16.2. The van der Waals surface area contributed by atoms with Gasteiger partial charge in [0, 0.05) is 23.5 Å². The molecule has 1 aliphatic rings. The molecule has 27 heavy (non-hydrogen) atoms. The molecule has 1 aromatic heterocycles. The van der Waals surface area contributed by atoms with Crippen molar-refractivity contribution in [2.75, 3.05) is 20.3 Å². The maximum absolute atomic E-state index is 12.6. The van der Waals surface area contributed by atoms with E-state index in [1.165, 1.54) is 6.42 Å². The minimum absolute atomic E-state index is 0.131. The van der Waals surface area contributed by atoms with Crippen molar-refractivity contribution in [1.29, 1.82) is 0 Å². The van der Waals surface area contributed by atoms with Gasteiger partial charge in [-0.05, 0) is 44.9 Å². The zero-order valence-electron chi connectivity index (χ0n) is 16.2. The van der Waals surface area contributed by atoms with Crippen LogP contribution in [-0.2, 0) is 9.53 Å². The van der Waals surface area contributed by atoms with Crippen LogP contribution in [0.4, 0.5) is 0 Å². The molecule has 1 fully saturated rings. The molecule has 1 amide bonds.